The average molecular weight is 401 g/mol. The molecule has 28 heavy (non-hydrogen) atoms. The fraction of sp³-hybridized carbons (Fsp3) is 0.409. The lowest BCUT2D eigenvalue weighted by atomic mass is 10.1. The minimum absolute atomic E-state index is 0.172. The highest BCUT2D eigenvalue weighted by Gasteiger charge is 2.27. The highest BCUT2D eigenvalue weighted by molar-refractivity contribution is 7.89. The van der Waals surface area contributed by atoms with Crippen molar-refractivity contribution in [2.45, 2.75) is 44.0 Å². The van der Waals surface area contributed by atoms with Gasteiger partial charge in [-0.05, 0) is 43.0 Å². The van der Waals surface area contributed by atoms with E-state index >= 15 is 0 Å². The van der Waals surface area contributed by atoms with Crippen LogP contribution in [0.25, 0.3) is 0 Å². The van der Waals surface area contributed by atoms with E-state index in [0.29, 0.717) is 25.2 Å². The lowest BCUT2D eigenvalue weighted by Gasteiger charge is -2.22. The first-order valence-electron chi connectivity index (χ1n) is 9.80. The molecule has 3 rings (SSSR count). The molecule has 1 saturated heterocycles. The maximum absolute atomic E-state index is 13.1. The molecule has 0 saturated carbocycles. The SMILES string of the molecule is Cc1ccc(S(=O)(=O)N2CCCCCC2)cc1C(=O)N(C)Cc1ccccc1. The predicted octanol–water partition coefficient (Wildman–Crippen LogP) is 3.83. The molecule has 0 unspecified atom stereocenters. The van der Waals surface area contributed by atoms with E-state index in [2.05, 4.69) is 0 Å². The van der Waals surface area contributed by atoms with Crippen LogP contribution in [0.15, 0.2) is 53.4 Å². The normalized spacial score (nSPS) is 15.8. The van der Waals surface area contributed by atoms with Gasteiger partial charge in [-0.1, -0.05) is 49.2 Å². The Hall–Kier alpha value is -2.18. The zero-order chi connectivity index (χ0) is 20.1. The Bertz CT molecular complexity index is 918. The summed E-state index contributed by atoms with van der Waals surface area (Å²) >= 11 is 0. The molecule has 2 aromatic rings. The van der Waals surface area contributed by atoms with Gasteiger partial charge in [0.05, 0.1) is 4.90 Å². The van der Waals surface area contributed by atoms with Gasteiger partial charge in [-0.2, -0.15) is 4.31 Å². The summed E-state index contributed by atoms with van der Waals surface area (Å²) in [6.45, 7) is 3.41. The van der Waals surface area contributed by atoms with E-state index < -0.39 is 10.0 Å². The molecule has 1 heterocycles. The van der Waals surface area contributed by atoms with Crippen molar-refractivity contribution in [1.29, 1.82) is 0 Å². The minimum Gasteiger partial charge on any atom is -0.337 e. The molecule has 0 radical (unpaired) electrons. The maximum atomic E-state index is 13.1. The highest BCUT2D eigenvalue weighted by Crippen LogP contribution is 2.23. The fourth-order valence-corrected chi connectivity index (χ4v) is 5.10. The number of carbonyl (C=O) groups excluding carboxylic acids is 1. The van der Waals surface area contributed by atoms with E-state index in [-0.39, 0.29) is 10.8 Å². The Morgan fingerprint density at radius 3 is 2.29 bits per heavy atom. The Kier molecular flexibility index (Phi) is 6.52. The molecule has 1 amide bonds. The van der Waals surface area contributed by atoms with Gasteiger partial charge in [0, 0.05) is 32.2 Å². The van der Waals surface area contributed by atoms with E-state index in [4.69, 9.17) is 0 Å². The topological polar surface area (TPSA) is 57.7 Å². The molecule has 0 N–H and O–H groups in total. The van der Waals surface area contributed by atoms with Crippen molar-refractivity contribution in [1.82, 2.24) is 9.21 Å². The highest BCUT2D eigenvalue weighted by atomic mass is 32.2. The standard InChI is InChI=1S/C22H28N2O3S/c1-18-12-13-20(28(26,27)24-14-8-3-4-9-15-24)16-21(18)22(25)23(2)17-19-10-6-5-7-11-19/h5-7,10-13,16H,3-4,8-9,14-15,17H2,1-2H3. The van der Waals surface area contributed by atoms with E-state index in [1.54, 1.807) is 34.5 Å². The summed E-state index contributed by atoms with van der Waals surface area (Å²) < 4.78 is 27.7. The maximum Gasteiger partial charge on any atom is 0.254 e. The van der Waals surface area contributed by atoms with Crippen molar-refractivity contribution in [3.05, 3.63) is 65.2 Å². The van der Waals surface area contributed by atoms with Crippen molar-refractivity contribution in [2.24, 2.45) is 0 Å². The van der Waals surface area contributed by atoms with Gasteiger partial charge in [0.25, 0.3) is 5.91 Å². The molecular weight excluding hydrogens is 372 g/mol. The van der Waals surface area contributed by atoms with Crippen molar-refractivity contribution in [2.75, 3.05) is 20.1 Å². The Labute approximate surface area is 168 Å². The van der Waals surface area contributed by atoms with Crippen LogP contribution in [0.5, 0.6) is 0 Å². The second-order valence-corrected chi connectivity index (χ2v) is 9.38. The van der Waals surface area contributed by atoms with Crippen molar-refractivity contribution in [3.63, 3.8) is 0 Å². The molecule has 1 aliphatic rings. The van der Waals surface area contributed by atoms with Crippen LogP contribution in [0.3, 0.4) is 0 Å². The molecule has 0 atom stereocenters. The number of hydrogen-bond acceptors (Lipinski definition) is 3. The molecule has 0 aliphatic carbocycles. The third-order valence-corrected chi connectivity index (χ3v) is 7.15. The zero-order valence-electron chi connectivity index (χ0n) is 16.6. The quantitative estimate of drug-likeness (QED) is 0.766. The Morgan fingerprint density at radius 1 is 1.00 bits per heavy atom. The molecule has 6 heteroatoms. The summed E-state index contributed by atoms with van der Waals surface area (Å²) in [5, 5.41) is 0. The van der Waals surface area contributed by atoms with Gasteiger partial charge in [-0.25, -0.2) is 8.42 Å². The molecular formula is C22H28N2O3S. The van der Waals surface area contributed by atoms with Gasteiger partial charge in [0.2, 0.25) is 10.0 Å². The van der Waals surface area contributed by atoms with Crippen LogP contribution in [0.2, 0.25) is 0 Å². The number of aryl methyl sites for hydroxylation is 1. The number of sulfonamides is 1. The molecule has 0 spiro atoms. The van der Waals surface area contributed by atoms with Crippen LogP contribution >= 0.6 is 0 Å². The minimum atomic E-state index is -3.58. The van der Waals surface area contributed by atoms with Crippen LogP contribution in [0, 0.1) is 6.92 Å². The summed E-state index contributed by atoms with van der Waals surface area (Å²) in [6, 6.07) is 14.6. The van der Waals surface area contributed by atoms with E-state index in [1.807, 2.05) is 37.3 Å². The molecule has 0 aromatic heterocycles. The van der Waals surface area contributed by atoms with Crippen molar-refractivity contribution >= 4 is 15.9 Å². The van der Waals surface area contributed by atoms with Gasteiger partial charge in [0.1, 0.15) is 0 Å². The summed E-state index contributed by atoms with van der Waals surface area (Å²) in [4.78, 5) is 14.8. The van der Waals surface area contributed by atoms with Gasteiger partial charge < -0.3 is 4.90 Å². The van der Waals surface area contributed by atoms with Crippen LogP contribution in [0.4, 0.5) is 0 Å². The smallest absolute Gasteiger partial charge is 0.254 e. The summed E-state index contributed by atoms with van der Waals surface area (Å²) in [7, 11) is -1.84. The summed E-state index contributed by atoms with van der Waals surface area (Å²) in [6.07, 6.45) is 3.90. The first-order chi connectivity index (χ1) is 13.4. The van der Waals surface area contributed by atoms with Crippen molar-refractivity contribution in [3.8, 4) is 0 Å². The summed E-state index contributed by atoms with van der Waals surface area (Å²) in [5.41, 5.74) is 2.25. The molecule has 2 aromatic carbocycles. The Morgan fingerprint density at radius 2 is 1.64 bits per heavy atom. The average Bonchev–Trinajstić information content (AvgIpc) is 2.98. The third kappa shape index (κ3) is 4.62. The van der Waals surface area contributed by atoms with Gasteiger partial charge in [-0.15, -0.1) is 0 Å². The largest absolute Gasteiger partial charge is 0.337 e. The van der Waals surface area contributed by atoms with E-state index in [0.717, 1.165) is 36.8 Å². The number of amides is 1. The molecule has 1 fully saturated rings. The number of nitrogens with zero attached hydrogens (tertiary/aromatic N) is 2. The van der Waals surface area contributed by atoms with Crippen LogP contribution in [0.1, 0.15) is 47.2 Å². The summed E-state index contributed by atoms with van der Waals surface area (Å²) in [5.74, 6) is -0.172. The first kappa shape index (κ1) is 20.6. The third-order valence-electron chi connectivity index (χ3n) is 5.25. The van der Waals surface area contributed by atoms with E-state index in [1.165, 1.54) is 0 Å². The molecule has 1 aliphatic heterocycles. The van der Waals surface area contributed by atoms with Gasteiger partial charge >= 0.3 is 0 Å². The fourth-order valence-electron chi connectivity index (χ4n) is 3.56. The van der Waals surface area contributed by atoms with Crippen LogP contribution in [-0.4, -0.2) is 43.7 Å². The lowest BCUT2D eigenvalue weighted by Crippen LogP contribution is -2.32. The zero-order valence-corrected chi connectivity index (χ0v) is 17.4. The number of carbonyl (C=O) groups is 1. The number of rotatable bonds is 5. The first-order valence-corrected chi connectivity index (χ1v) is 11.2. The molecule has 0 bridgehead atoms. The lowest BCUT2D eigenvalue weighted by molar-refractivity contribution is 0.0784. The van der Waals surface area contributed by atoms with Gasteiger partial charge in [-0.3, -0.25) is 4.79 Å². The number of benzene rings is 2. The molecule has 5 nitrogen and oxygen atoms in total. The van der Waals surface area contributed by atoms with Crippen molar-refractivity contribution < 1.29 is 13.2 Å². The molecule has 150 valence electrons. The van der Waals surface area contributed by atoms with Gasteiger partial charge in [0.15, 0.2) is 0 Å². The predicted molar refractivity (Wildman–Crippen MR) is 111 cm³/mol. The monoisotopic (exact) mass is 400 g/mol. The number of hydrogen-bond donors (Lipinski definition) is 0. The Balaban J connectivity index is 1.85. The second-order valence-electron chi connectivity index (χ2n) is 7.44. The van der Waals surface area contributed by atoms with Crippen LogP contribution < -0.4 is 0 Å². The second kappa shape index (κ2) is 8.88. The van der Waals surface area contributed by atoms with E-state index in [9.17, 15) is 13.2 Å². The van der Waals surface area contributed by atoms with Crippen LogP contribution in [-0.2, 0) is 16.6 Å².